The van der Waals surface area contributed by atoms with Gasteiger partial charge in [-0.05, 0) is 46.2 Å². The van der Waals surface area contributed by atoms with Crippen LogP contribution in [0.25, 0.3) is 33.0 Å². The molecule has 1 aliphatic rings. The minimum Gasteiger partial charge on any atom is -0.504 e. The SMILES string of the molecule is C=CC(C)(C)n1cc(C2=C(O)C(=O)C(c3cn(C(C)(C)C=C)c4ccccc34)=C(OCCCCCC)C2=O)c2ccccc21. The highest BCUT2D eigenvalue weighted by Crippen LogP contribution is 2.42. The third-order valence-electron chi connectivity index (χ3n) is 8.79. The number of unbranched alkanes of at least 4 members (excludes halogenated alkanes) is 3. The fraction of sp³-hybridized carbons (Fsp3) is 0.316. The maximum atomic E-state index is 14.5. The highest BCUT2D eigenvalue weighted by atomic mass is 16.5. The molecule has 0 saturated carbocycles. The Kier molecular flexibility index (Phi) is 8.30. The molecule has 6 nitrogen and oxygen atoms in total. The number of rotatable bonds is 12. The zero-order valence-electron chi connectivity index (χ0n) is 26.4. The number of allylic oxidation sites excluding steroid dienone is 4. The summed E-state index contributed by atoms with van der Waals surface area (Å²) in [6.07, 6.45) is 11.2. The van der Waals surface area contributed by atoms with E-state index in [4.69, 9.17) is 4.74 Å². The Morgan fingerprint density at radius 2 is 1.25 bits per heavy atom. The van der Waals surface area contributed by atoms with Crippen molar-refractivity contribution in [2.24, 2.45) is 0 Å². The second kappa shape index (κ2) is 11.8. The molecule has 0 spiro atoms. The number of nitrogens with zero attached hydrogens (tertiary/aromatic N) is 2. The number of carbonyl (C=O) groups is 2. The summed E-state index contributed by atoms with van der Waals surface area (Å²) in [6.45, 7) is 18.5. The average Bonchev–Trinajstić information content (AvgIpc) is 3.60. The van der Waals surface area contributed by atoms with Crippen LogP contribution in [0.2, 0.25) is 0 Å². The van der Waals surface area contributed by atoms with Gasteiger partial charge in [0.05, 0.1) is 28.8 Å². The number of ether oxygens (including phenoxy) is 1. The number of benzene rings is 2. The molecular formula is C38H42N2O4. The molecule has 228 valence electrons. The molecule has 0 aliphatic heterocycles. The van der Waals surface area contributed by atoms with Crippen LogP contribution in [0.5, 0.6) is 0 Å². The van der Waals surface area contributed by atoms with Crippen molar-refractivity contribution in [3.63, 3.8) is 0 Å². The van der Waals surface area contributed by atoms with E-state index >= 15 is 0 Å². The van der Waals surface area contributed by atoms with Crippen LogP contribution in [0.3, 0.4) is 0 Å². The van der Waals surface area contributed by atoms with E-state index < -0.39 is 28.4 Å². The molecule has 4 aromatic rings. The van der Waals surface area contributed by atoms with Gasteiger partial charge >= 0.3 is 0 Å². The summed E-state index contributed by atoms with van der Waals surface area (Å²) in [5, 5.41) is 13.2. The summed E-state index contributed by atoms with van der Waals surface area (Å²) < 4.78 is 10.3. The van der Waals surface area contributed by atoms with Crippen LogP contribution in [0.1, 0.15) is 71.4 Å². The molecule has 2 heterocycles. The summed E-state index contributed by atoms with van der Waals surface area (Å²) >= 11 is 0. The number of aliphatic hydroxyl groups excluding tert-OH is 1. The lowest BCUT2D eigenvalue weighted by Gasteiger charge is -2.24. The van der Waals surface area contributed by atoms with E-state index in [0.29, 0.717) is 11.1 Å². The molecule has 2 aromatic carbocycles. The van der Waals surface area contributed by atoms with Gasteiger partial charge < -0.3 is 19.0 Å². The predicted octanol–water partition coefficient (Wildman–Crippen LogP) is 8.87. The molecule has 44 heavy (non-hydrogen) atoms. The van der Waals surface area contributed by atoms with Crippen LogP contribution in [-0.2, 0) is 25.4 Å². The van der Waals surface area contributed by atoms with Gasteiger partial charge in [0.15, 0.2) is 11.5 Å². The van der Waals surface area contributed by atoms with Gasteiger partial charge in [-0.3, -0.25) is 9.59 Å². The standard InChI is InChI=1S/C38H42N2O4/c1-8-11-12-17-22-44-36-32(28-24-40(38(6,7)10-3)30-21-16-14-19-26(28)30)34(42)33(41)31(35(36)43)27-23-39(37(4,5)9-2)29-20-15-13-18-25(27)29/h9-10,13-16,18-21,23-24,41H,2-3,8,11-12,17,22H2,1,4-7H3. The second-order valence-electron chi connectivity index (χ2n) is 12.6. The minimum atomic E-state index is -0.637. The zero-order chi connectivity index (χ0) is 31.8. The number of carbonyl (C=O) groups excluding carboxylic acids is 2. The Bertz CT molecular complexity index is 1860. The number of hydrogen-bond donors (Lipinski definition) is 1. The summed E-state index contributed by atoms with van der Waals surface area (Å²) in [7, 11) is 0. The van der Waals surface area contributed by atoms with Gasteiger partial charge in [-0.2, -0.15) is 0 Å². The van der Waals surface area contributed by atoms with Crippen LogP contribution in [0.15, 0.2) is 97.8 Å². The molecule has 0 unspecified atom stereocenters. The smallest absolute Gasteiger partial charge is 0.232 e. The number of ketones is 2. The Hall–Kier alpha value is -4.58. The van der Waals surface area contributed by atoms with Crippen molar-refractivity contribution in [1.29, 1.82) is 0 Å². The first-order valence-electron chi connectivity index (χ1n) is 15.4. The lowest BCUT2D eigenvalue weighted by molar-refractivity contribution is -0.117. The summed E-state index contributed by atoms with van der Waals surface area (Å²) in [4.78, 5) is 28.9. The Balaban J connectivity index is 1.74. The fourth-order valence-corrected chi connectivity index (χ4v) is 5.91. The maximum absolute atomic E-state index is 14.5. The van der Waals surface area contributed by atoms with Crippen molar-refractivity contribution < 1.29 is 19.4 Å². The number of aromatic nitrogens is 2. The first-order chi connectivity index (χ1) is 21.0. The van der Waals surface area contributed by atoms with Crippen molar-refractivity contribution in [2.75, 3.05) is 6.61 Å². The van der Waals surface area contributed by atoms with Gasteiger partial charge in [0.25, 0.3) is 0 Å². The Labute approximate surface area is 259 Å². The van der Waals surface area contributed by atoms with E-state index in [1.807, 2.05) is 110 Å². The number of Topliss-reactive ketones (excluding diaryl/α,β-unsaturated/α-hetero) is 2. The van der Waals surface area contributed by atoms with Crippen molar-refractivity contribution in [3.05, 3.63) is 109 Å². The summed E-state index contributed by atoms with van der Waals surface area (Å²) in [6, 6.07) is 15.4. The van der Waals surface area contributed by atoms with E-state index in [-0.39, 0.29) is 23.5 Å². The van der Waals surface area contributed by atoms with Gasteiger partial charge in [-0.15, -0.1) is 13.2 Å². The van der Waals surface area contributed by atoms with E-state index in [2.05, 4.69) is 20.1 Å². The van der Waals surface area contributed by atoms with Gasteiger partial charge in [0, 0.05) is 45.3 Å². The average molecular weight is 591 g/mol. The zero-order valence-corrected chi connectivity index (χ0v) is 26.4. The third-order valence-corrected chi connectivity index (χ3v) is 8.79. The molecule has 6 heteroatoms. The highest BCUT2D eigenvalue weighted by molar-refractivity contribution is 6.48. The predicted molar refractivity (Wildman–Crippen MR) is 179 cm³/mol. The second-order valence-corrected chi connectivity index (χ2v) is 12.6. The van der Waals surface area contributed by atoms with Gasteiger partial charge in [-0.25, -0.2) is 0 Å². The van der Waals surface area contributed by atoms with E-state index in [9.17, 15) is 14.7 Å². The van der Waals surface area contributed by atoms with Crippen molar-refractivity contribution in [2.45, 2.75) is 71.4 Å². The first-order valence-corrected chi connectivity index (χ1v) is 15.4. The molecule has 1 aliphatic carbocycles. The third kappa shape index (κ3) is 5.12. The topological polar surface area (TPSA) is 73.5 Å². The first kappa shape index (κ1) is 30.9. The Morgan fingerprint density at radius 3 is 1.75 bits per heavy atom. The molecule has 0 bridgehead atoms. The maximum Gasteiger partial charge on any atom is 0.232 e. The van der Waals surface area contributed by atoms with Crippen LogP contribution < -0.4 is 0 Å². The Morgan fingerprint density at radius 1 is 0.750 bits per heavy atom. The van der Waals surface area contributed by atoms with Crippen LogP contribution in [-0.4, -0.2) is 32.4 Å². The fourth-order valence-electron chi connectivity index (χ4n) is 5.91. The molecule has 1 N–H and O–H groups in total. The molecule has 0 radical (unpaired) electrons. The monoisotopic (exact) mass is 590 g/mol. The van der Waals surface area contributed by atoms with E-state index in [1.165, 1.54) is 0 Å². The number of para-hydroxylation sites is 2. The number of hydrogen-bond acceptors (Lipinski definition) is 4. The van der Waals surface area contributed by atoms with Crippen molar-refractivity contribution in [3.8, 4) is 0 Å². The van der Waals surface area contributed by atoms with Crippen LogP contribution in [0, 0.1) is 0 Å². The molecule has 0 saturated heterocycles. The minimum absolute atomic E-state index is 0.0292. The largest absolute Gasteiger partial charge is 0.504 e. The molecule has 0 fully saturated rings. The molecule has 0 amide bonds. The molecule has 5 rings (SSSR count). The number of aliphatic hydroxyl groups is 1. The van der Waals surface area contributed by atoms with Gasteiger partial charge in [0.2, 0.25) is 11.6 Å². The van der Waals surface area contributed by atoms with Crippen LogP contribution in [0.4, 0.5) is 0 Å². The van der Waals surface area contributed by atoms with E-state index in [0.717, 1.165) is 47.5 Å². The normalized spacial score (nSPS) is 14.7. The molecular weight excluding hydrogens is 548 g/mol. The number of fused-ring (bicyclic) bond motifs is 2. The lowest BCUT2D eigenvalue weighted by Crippen LogP contribution is -2.25. The van der Waals surface area contributed by atoms with Crippen molar-refractivity contribution >= 4 is 44.5 Å². The summed E-state index contributed by atoms with van der Waals surface area (Å²) in [5.74, 6) is -1.75. The molecule has 0 atom stereocenters. The molecule has 2 aromatic heterocycles. The van der Waals surface area contributed by atoms with Gasteiger partial charge in [0.1, 0.15) is 0 Å². The summed E-state index contributed by atoms with van der Waals surface area (Å²) in [5.41, 5.74) is 1.82. The van der Waals surface area contributed by atoms with E-state index in [1.54, 1.807) is 0 Å². The lowest BCUT2D eigenvalue weighted by atomic mass is 9.86. The van der Waals surface area contributed by atoms with Crippen LogP contribution >= 0.6 is 0 Å². The quantitative estimate of drug-likeness (QED) is 0.102. The van der Waals surface area contributed by atoms with Crippen molar-refractivity contribution in [1.82, 2.24) is 9.13 Å². The van der Waals surface area contributed by atoms with Gasteiger partial charge in [-0.1, -0.05) is 74.7 Å². The highest BCUT2D eigenvalue weighted by Gasteiger charge is 2.40.